The number of aliphatic imine (C=N–C) groups is 1. The molecule has 5 nitrogen and oxygen atoms in total. The molecule has 1 aromatic rings. The molecule has 21 heavy (non-hydrogen) atoms. The predicted octanol–water partition coefficient (Wildman–Crippen LogP) is 2.61. The number of nitrogens with zero attached hydrogens (tertiary/aromatic N) is 4. The van der Waals surface area contributed by atoms with Crippen LogP contribution in [0.4, 0.5) is 5.69 Å². The number of amidine groups is 1. The molecule has 5 heteroatoms. The highest BCUT2D eigenvalue weighted by molar-refractivity contribution is 5.86. The molecule has 0 aromatic heterocycles. The van der Waals surface area contributed by atoms with Gasteiger partial charge in [0.2, 0.25) is 5.91 Å². The SMILES string of the molecule is CC(=O)N1CN(C(C)=Nc2cc(C)c(C)c(C)c2C#N)C1. The smallest absolute Gasteiger partial charge is 0.222 e. The van der Waals surface area contributed by atoms with Gasteiger partial charge in [0.15, 0.2) is 0 Å². The number of carbonyl (C=O) groups excluding carboxylic acids is 1. The highest BCUT2D eigenvalue weighted by atomic mass is 16.2. The van der Waals surface area contributed by atoms with Crippen LogP contribution in [0.15, 0.2) is 11.1 Å². The minimum absolute atomic E-state index is 0.0683. The Balaban J connectivity index is 2.30. The van der Waals surface area contributed by atoms with Crippen LogP contribution >= 0.6 is 0 Å². The Kier molecular flexibility index (Phi) is 3.99. The average Bonchev–Trinajstić information content (AvgIpc) is 2.34. The molecule has 1 aliphatic rings. The van der Waals surface area contributed by atoms with Crippen LogP contribution in [0.3, 0.4) is 0 Å². The van der Waals surface area contributed by atoms with E-state index in [9.17, 15) is 10.1 Å². The van der Waals surface area contributed by atoms with Crippen LogP contribution in [0.5, 0.6) is 0 Å². The number of carbonyl (C=O) groups is 1. The van der Waals surface area contributed by atoms with Gasteiger partial charge in [-0.1, -0.05) is 0 Å². The number of rotatable bonds is 1. The summed E-state index contributed by atoms with van der Waals surface area (Å²) in [6, 6.07) is 4.20. The lowest BCUT2D eigenvalue weighted by molar-refractivity contribution is -0.139. The lowest BCUT2D eigenvalue weighted by Crippen LogP contribution is -2.58. The summed E-state index contributed by atoms with van der Waals surface area (Å²) in [5, 5.41) is 9.37. The molecule has 1 aromatic carbocycles. The number of benzene rings is 1. The van der Waals surface area contributed by atoms with E-state index < -0.39 is 0 Å². The Morgan fingerprint density at radius 2 is 1.81 bits per heavy atom. The Morgan fingerprint density at radius 3 is 2.33 bits per heavy atom. The predicted molar refractivity (Wildman–Crippen MR) is 82.2 cm³/mol. The maximum atomic E-state index is 11.2. The molecule has 0 radical (unpaired) electrons. The molecule has 0 unspecified atom stereocenters. The van der Waals surface area contributed by atoms with Crippen LogP contribution in [-0.2, 0) is 4.79 Å². The molecule has 110 valence electrons. The van der Waals surface area contributed by atoms with E-state index in [4.69, 9.17) is 0 Å². The molecular weight excluding hydrogens is 264 g/mol. The third kappa shape index (κ3) is 2.75. The zero-order valence-electron chi connectivity index (χ0n) is 13.2. The third-order valence-electron chi connectivity index (χ3n) is 4.12. The second kappa shape index (κ2) is 5.57. The molecule has 1 fully saturated rings. The Bertz CT molecular complexity index is 664. The molecule has 0 saturated carbocycles. The van der Waals surface area contributed by atoms with Gasteiger partial charge in [0, 0.05) is 6.92 Å². The van der Waals surface area contributed by atoms with Crippen molar-refractivity contribution < 1.29 is 4.79 Å². The maximum Gasteiger partial charge on any atom is 0.222 e. The minimum atomic E-state index is 0.0683. The van der Waals surface area contributed by atoms with E-state index in [1.165, 1.54) is 0 Å². The standard InChI is InChI=1S/C16H20N4O/c1-10-6-16(15(7-17)12(3)11(10)2)18-13(4)19-8-20(9-19)14(5)21/h6H,8-9H2,1-5H3. The summed E-state index contributed by atoms with van der Waals surface area (Å²) in [4.78, 5) is 19.5. The first-order chi connectivity index (χ1) is 9.85. The molecule has 0 N–H and O–H groups in total. The molecule has 1 aliphatic heterocycles. The molecular formula is C16H20N4O. The van der Waals surface area contributed by atoms with Crippen molar-refractivity contribution in [3.05, 3.63) is 28.3 Å². The third-order valence-corrected chi connectivity index (χ3v) is 4.12. The zero-order valence-corrected chi connectivity index (χ0v) is 13.2. The van der Waals surface area contributed by atoms with Crippen molar-refractivity contribution in [3.63, 3.8) is 0 Å². The number of aryl methyl sites for hydroxylation is 1. The Hall–Kier alpha value is -2.35. The van der Waals surface area contributed by atoms with Crippen LogP contribution in [0.1, 0.15) is 36.1 Å². The van der Waals surface area contributed by atoms with E-state index in [1.54, 1.807) is 11.8 Å². The molecule has 0 atom stereocenters. The first-order valence-electron chi connectivity index (χ1n) is 6.91. The largest absolute Gasteiger partial charge is 0.324 e. The van der Waals surface area contributed by atoms with Gasteiger partial charge in [0.05, 0.1) is 24.6 Å². The fourth-order valence-electron chi connectivity index (χ4n) is 2.31. The van der Waals surface area contributed by atoms with E-state index in [-0.39, 0.29) is 5.91 Å². The highest BCUT2D eigenvalue weighted by Gasteiger charge is 2.26. The van der Waals surface area contributed by atoms with Gasteiger partial charge in [-0.25, -0.2) is 4.99 Å². The monoisotopic (exact) mass is 284 g/mol. The lowest BCUT2D eigenvalue weighted by atomic mass is 9.98. The molecule has 1 saturated heterocycles. The van der Waals surface area contributed by atoms with Gasteiger partial charge in [-0.3, -0.25) is 4.79 Å². The molecule has 0 spiro atoms. The average molecular weight is 284 g/mol. The molecule has 0 bridgehead atoms. The summed E-state index contributed by atoms with van der Waals surface area (Å²) in [6.45, 7) is 10.6. The zero-order chi connectivity index (χ0) is 15.7. The van der Waals surface area contributed by atoms with E-state index in [0.29, 0.717) is 24.6 Å². The molecule has 2 rings (SSSR count). The van der Waals surface area contributed by atoms with Crippen molar-refractivity contribution in [1.29, 1.82) is 5.26 Å². The van der Waals surface area contributed by atoms with Crippen molar-refractivity contribution in [2.45, 2.75) is 34.6 Å². The maximum absolute atomic E-state index is 11.2. The van der Waals surface area contributed by atoms with Gasteiger partial charge in [-0.2, -0.15) is 5.26 Å². The number of hydrogen-bond donors (Lipinski definition) is 0. The first kappa shape index (κ1) is 15.0. The minimum Gasteiger partial charge on any atom is -0.324 e. The van der Waals surface area contributed by atoms with Crippen molar-refractivity contribution in [2.24, 2.45) is 4.99 Å². The molecule has 0 aliphatic carbocycles. The Morgan fingerprint density at radius 1 is 1.19 bits per heavy atom. The van der Waals surface area contributed by atoms with Crippen LogP contribution in [-0.4, -0.2) is 34.9 Å². The van der Waals surface area contributed by atoms with Gasteiger partial charge in [0.25, 0.3) is 0 Å². The number of nitriles is 1. The van der Waals surface area contributed by atoms with Gasteiger partial charge in [-0.05, 0) is 50.5 Å². The topological polar surface area (TPSA) is 59.7 Å². The quantitative estimate of drug-likeness (QED) is 0.588. The van der Waals surface area contributed by atoms with Crippen LogP contribution in [0.25, 0.3) is 0 Å². The second-order valence-electron chi connectivity index (χ2n) is 5.49. The summed E-state index contributed by atoms with van der Waals surface area (Å²) in [7, 11) is 0. The highest BCUT2D eigenvalue weighted by Crippen LogP contribution is 2.28. The van der Waals surface area contributed by atoms with Gasteiger partial charge >= 0.3 is 0 Å². The van der Waals surface area contributed by atoms with Gasteiger partial charge in [0.1, 0.15) is 11.9 Å². The van der Waals surface area contributed by atoms with Crippen LogP contribution in [0.2, 0.25) is 0 Å². The normalized spacial score (nSPS) is 14.8. The van der Waals surface area contributed by atoms with E-state index in [0.717, 1.165) is 22.5 Å². The van der Waals surface area contributed by atoms with Crippen molar-refractivity contribution in [1.82, 2.24) is 9.80 Å². The fraction of sp³-hybridized carbons (Fsp3) is 0.438. The summed E-state index contributed by atoms with van der Waals surface area (Å²) >= 11 is 0. The first-order valence-corrected chi connectivity index (χ1v) is 6.91. The molecule has 1 heterocycles. The summed E-state index contributed by atoms with van der Waals surface area (Å²) in [5.74, 6) is 0.894. The summed E-state index contributed by atoms with van der Waals surface area (Å²) in [5.41, 5.74) is 4.58. The van der Waals surface area contributed by atoms with E-state index in [1.807, 2.05) is 38.7 Å². The second-order valence-corrected chi connectivity index (χ2v) is 5.49. The van der Waals surface area contributed by atoms with Crippen molar-refractivity contribution in [2.75, 3.05) is 13.3 Å². The molecule has 1 amide bonds. The van der Waals surface area contributed by atoms with Gasteiger partial charge < -0.3 is 9.80 Å². The van der Waals surface area contributed by atoms with E-state index in [2.05, 4.69) is 11.1 Å². The van der Waals surface area contributed by atoms with Crippen LogP contribution in [0, 0.1) is 32.1 Å². The fourth-order valence-corrected chi connectivity index (χ4v) is 2.31. The van der Waals surface area contributed by atoms with Crippen LogP contribution < -0.4 is 0 Å². The number of hydrogen-bond acceptors (Lipinski definition) is 3. The summed E-state index contributed by atoms with van der Waals surface area (Å²) in [6.07, 6.45) is 0. The lowest BCUT2D eigenvalue weighted by Gasteiger charge is -2.43. The van der Waals surface area contributed by atoms with Gasteiger partial charge in [-0.15, -0.1) is 0 Å². The number of amides is 1. The van der Waals surface area contributed by atoms with Crippen molar-refractivity contribution >= 4 is 17.4 Å². The Labute approximate surface area is 125 Å². The van der Waals surface area contributed by atoms with E-state index >= 15 is 0 Å². The van der Waals surface area contributed by atoms with Crippen molar-refractivity contribution in [3.8, 4) is 6.07 Å². The summed E-state index contributed by atoms with van der Waals surface area (Å²) < 4.78 is 0.